The number of nitrogens with one attached hydrogen (secondary N) is 1. The molecule has 5 heteroatoms. The molecule has 0 bridgehead atoms. The smallest absolute Gasteiger partial charge is 0.225 e. The van der Waals surface area contributed by atoms with Gasteiger partial charge >= 0.3 is 0 Å². The first-order chi connectivity index (χ1) is 9.43. The zero-order valence-corrected chi connectivity index (χ0v) is 13.0. The number of amides is 2. The number of likely N-dealkylation sites (tertiary alicyclic amines) is 1. The molecule has 0 saturated carbocycles. The molecule has 1 atom stereocenters. The lowest BCUT2D eigenvalue weighted by Gasteiger charge is -2.33. The fourth-order valence-corrected chi connectivity index (χ4v) is 2.40. The molecule has 116 valence electrons. The molecule has 1 saturated heterocycles. The second-order valence-corrected chi connectivity index (χ2v) is 6.20. The monoisotopic (exact) mass is 283 g/mol. The van der Waals surface area contributed by atoms with Crippen LogP contribution in [0.1, 0.15) is 46.5 Å². The minimum Gasteiger partial charge on any atom is -0.353 e. The number of carbonyl (C=O) groups excluding carboxylic acids is 2. The molecular weight excluding hydrogens is 254 g/mol. The maximum Gasteiger partial charge on any atom is 0.225 e. The lowest BCUT2D eigenvalue weighted by Crippen LogP contribution is -2.47. The molecule has 0 aromatic carbocycles. The second-order valence-electron chi connectivity index (χ2n) is 6.20. The van der Waals surface area contributed by atoms with Gasteiger partial charge in [0.05, 0.1) is 0 Å². The third kappa shape index (κ3) is 5.49. The highest BCUT2D eigenvalue weighted by Gasteiger charge is 2.24. The summed E-state index contributed by atoms with van der Waals surface area (Å²) in [6.07, 6.45) is 3.10. The van der Waals surface area contributed by atoms with E-state index in [0.29, 0.717) is 18.9 Å². The van der Waals surface area contributed by atoms with E-state index in [2.05, 4.69) is 12.2 Å². The Bertz CT molecular complexity index is 323. The van der Waals surface area contributed by atoms with Gasteiger partial charge in [-0.25, -0.2) is 0 Å². The number of hydrogen-bond acceptors (Lipinski definition) is 3. The Morgan fingerprint density at radius 1 is 1.25 bits per heavy atom. The Hall–Kier alpha value is -1.10. The van der Waals surface area contributed by atoms with E-state index in [0.717, 1.165) is 32.4 Å². The molecule has 3 N–H and O–H groups in total. The molecule has 1 aliphatic rings. The Labute approximate surface area is 122 Å². The van der Waals surface area contributed by atoms with Gasteiger partial charge in [0.1, 0.15) is 0 Å². The van der Waals surface area contributed by atoms with Crippen LogP contribution >= 0.6 is 0 Å². The van der Waals surface area contributed by atoms with E-state index >= 15 is 0 Å². The lowest BCUT2D eigenvalue weighted by atomic mass is 10.0. The zero-order chi connectivity index (χ0) is 15.1. The summed E-state index contributed by atoms with van der Waals surface area (Å²) in [7, 11) is 0. The Balaban J connectivity index is 2.25. The molecule has 1 rings (SSSR count). The van der Waals surface area contributed by atoms with Gasteiger partial charge in [-0.2, -0.15) is 0 Å². The lowest BCUT2D eigenvalue weighted by molar-refractivity contribution is -0.135. The van der Waals surface area contributed by atoms with E-state index in [1.807, 2.05) is 18.7 Å². The van der Waals surface area contributed by atoms with Gasteiger partial charge in [-0.3, -0.25) is 9.59 Å². The molecule has 5 nitrogen and oxygen atoms in total. The van der Waals surface area contributed by atoms with Gasteiger partial charge in [0.15, 0.2) is 0 Å². The minimum atomic E-state index is 0.0545. The van der Waals surface area contributed by atoms with E-state index in [9.17, 15) is 9.59 Å². The van der Waals surface area contributed by atoms with E-state index in [-0.39, 0.29) is 23.8 Å². The summed E-state index contributed by atoms with van der Waals surface area (Å²) in [4.78, 5) is 25.6. The van der Waals surface area contributed by atoms with Crippen LogP contribution in [0.15, 0.2) is 0 Å². The van der Waals surface area contributed by atoms with Gasteiger partial charge < -0.3 is 16.0 Å². The van der Waals surface area contributed by atoms with Crippen molar-refractivity contribution in [2.45, 2.75) is 52.5 Å². The molecule has 0 spiro atoms. The number of nitrogens with two attached hydrogens (primary N) is 1. The van der Waals surface area contributed by atoms with Crippen LogP contribution in [0, 0.1) is 11.8 Å². The molecule has 2 amide bonds. The van der Waals surface area contributed by atoms with Crippen LogP contribution in [0.2, 0.25) is 0 Å². The highest BCUT2D eigenvalue weighted by Crippen LogP contribution is 2.14. The van der Waals surface area contributed by atoms with E-state index in [1.165, 1.54) is 0 Å². The Morgan fingerprint density at radius 3 is 2.35 bits per heavy atom. The third-order valence-corrected chi connectivity index (χ3v) is 3.93. The van der Waals surface area contributed by atoms with Crippen LogP contribution in [0.5, 0.6) is 0 Å². The topological polar surface area (TPSA) is 75.4 Å². The Kier molecular flexibility index (Phi) is 6.99. The van der Waals surface area contributed by atoms with Crippen molar-refractivity contribution < 1.29 is 9.59 Å². The molecule has 1 heterocycles. The first kappa shape index (κ1) is 17.0. The van der Waals surface area contributed by atoms with Gasteiger partial charge in [-0.15, -0.1) is 0 Å². The average molecular weight is 283 g/mol. The standard InChI is InChI=1S/C15H29N3O2/c1-11(2)15(20)18-8-6-13(7-9-18)17-14(19)5-4-12(3)10-16/h11-13H,4-10,16H2,1-3H3,(H,17,19). The van der Waals surface area contributed by atoms with Crippen LogP contribution in [0.3, 0.4) is 0 Å². The number of piperidine rings is 1. The molecule has 0 radical (unpaired) electrons. The fraction of sp³-hybridized carbons (Fsp3) is 0.867. The Morgan fingerprint density at radius 2 is 1.85 bits per heavy atom. The predicted molar refractivity (Wildman–Crippen MR) is 80.0 cm³/mol. The van der Waals surface area contributed by atoms with Crippen molar-refractivity contribution in [2.24, 2.45) is 17.6 Å². The number of carbonyl (C=O) groups is 2. The van der Waals surface area contributed by atoms with Crippen molar-refractivity contribution in [3.63, 3.8) is 0 Å². The van der Waals surface area contributed by atoms with Gasteiger partial charge in [0.25, 0.3) is 0 Å². The van der Waals surface area contributed by atoms with Crippen molar-refractivity contribution >= 4 is 11.8 Å². The molecule has 1 aliphatic heterocycles. The summed E-state index contributed by atoms with van der Waals surface area (Å²) in [6.45, 7) is 8.04. The summed E-state index contributed by atoms with van der Waals surface area (Å²) >= 11 is 0. The van der Waals surface area contributed by atoms with Crippen molar-refractivity contribution in [2.75, 3.05) is 19.6 Å². The largest absolute Gasteiger partial charge is 0.353 e. The minimum absolute atomic E-state index is 0.0545. The van der Waals surface area contributed by atoms with Crippen LogP contribution in [-0.4, -0.2) is 42.4 Å². The number of rotatable bonds is 6. The van der Waals surface area contributed by atoms with Crippen LogP contribution < -0.4 is 11.1 Å². The summed E-state index contributed by atoms with van der Waals surface area (Å²) in [5, 5.41) is 3.07. The first-order valence-corrected chi connectivity index (χ1v) is 7.72. The predicted octanol–water partition coefficient (Wildman–Crippen LogP) is 1.12. The molecule has 0 aromatic heterocycles. The quantitative estimate of drug-likeness (QED) is 0.767. The maximum absolute atomic E-state index is 11.9. The zero-order valence-electron chi connectivity index (χ0n) is 13.0. The van der Waals surface area contributed by atoms with Gasteiger partial charge in [0.2, 0.25) is 11.8 Å². The average Bonchev–Trinajstić information content (AvgIpc) is 2.44. The van der Waals surface area contributed by atoms with E-state index < -0.39 is 0 Å². The number of nitrogens with zero attached hydrogens (tertiary/aromatic N) is 1. The van der Waals surface area contributed by atoms with Crippen LogP contribution in [-0.2, 0) is 9.59 Å². The highest BCUT2D eigenvalue weighted by molar-refractivity contribution is 5.78. The molecular formula is C15H29N3O2. The number of hydrogen-bond donors (Lipinski definition) is 2. The summed E-state index contributed by atoms with van der Waals surface area (Å²) < 4.78 is 0. The molecule has 0 aromatic rings. The summed E-state index contributed by atoms with van der Waals surface area (Å²) in [5.41, 5.74) is 5.54. The highest BCUT2D eigenvalue weighted by atomic mass is 16.2. The van der Waals surface area contributed by atoms with Crippen molar-refractivity contribution in [3.05, 3.63) is 0 Å². The first-order valence-electron chi connectivity index (χ1n) is 7.72. The van der Waals surface area contributed by atoms with E-state index in [1.54, 1.807) is 0 Å². The normalized spacial score (nSPS) is 18.1. The molecule has 20 heavy (non-hydrogen) atoms. The molecule has 1 unspecified atom stereocenters. The third-order valence-electron chi connectivity index (χ3n) is 3.93. The van der Waals surface area contributed by atoms with Crippen LogP contribution in [0.25, 0.3) is 0 Å². The van der Waals surface area contributed by atoms with E-state index in [4.69, 9.17) is 5.73 Å². The summed E-state index contributed by atoms with van der Waals surface area (Å²) in [5.74, 6) is 0.774. The van der Waals surface area contributed by atoms with Gasteiger partial charge in [-0.1, -0.05) is 20.8 Å². The summed E-state index contributed by atoms with van der Waals surface area (Å²) in [6, 6.07) is 0.215. The maximum atomic E-state index is 11.9. The van der Waals surface area contributed by atoms with Crippen LogP contribution in [0.4, 0.5) is 0 Å². The second kappa shape index (κ2) is 8.25. The molecule has 1 fully saturated rings. The molecule has 0 aliphatic carbocycles. The van der Waals surface area contributed by atoms with Gasteiger partial charge in [-0.05, 0) is 31.7 Å². The van der Waals surface area contributed by atoms with Crippen molar-refractivity contribution in [3.8, 4) is 0 Å². The van der Waals surface area contributed by atoms with Crippen molar-refractivity contribution in [1.82, 2.24) is 10.2 Å². The van der Waals surface area contributed by atoms with Crippen molar-refractivity contribution in [1.29, 1.82) is 0 Å². The fourth-order valence-electron chi connectivity index (χ4n) is 2.40. The van der Waals surface area contributed by atoms with Gasteiger partial charge in [0, 0.05) is 31.5 Å². The SMILES string of the molecule is CC(CN)CCC(=O)NC1CCN(C(=O)C(C)C)CC1.